The molecule has 0 saturated carbocycles. The summed E-state index contributed by atoms with van der Waals surface area (Å²) in [6, 6.07) is 10.7. The van der Waals surface area contributed by atoms with Gasteiger partial charge in [-0.15, -0.1) is 11.8 Å². The summed E-state index contributed by atoms with van der Waals surface area (Å²) in [5.74, 6) is 1.25. The molecule has 1 aromatic carbocycles. The Labute approximate surface area is 103 Å². The minimum absolute atomic E-state index is 0.403. The maximum absolute atomic E-state index is 5.89. The topological polar surface area (TPSA) is 9.23 Å². The Bertz CT molecular complexity index is 323. The van der Waals surface area contributed by atoms with Crippen LogP contribution < -0.4 is 0 Å². The summed E-state index contributed by atoms with van der Waals surface area (Å²) in [5.41, 5.74) is 0. The highest BCUT2D eigenvalue weighted by Gasteiger charge is 2.36. The second-order valence-corrected chi connectivity index (χ2v) is 6.17. The summed E-state index contributed by atoms with van der Waals surface area (Å²) in [6.45, 7) is 7.71. The summed E-state index contributed by atoms with van der Waals surface area (Å²) in [5, 5.41) is 0.599. The van der Waals surface area contributed by atoms with E-state index in [1.54, 1.807) is 0 Å². The van der Waals surface area contributed by atoms with Crippen LogP contribution in [-0.4, -0.2) is 18.0 Å². The van der Waals surface area contributed by atoms with Crippen molar-refractivity contribution >= 4 is 11.8 Å². The standard InChI is InChI=1S/C14H20OS/c1-10(2)13-14(11(3)9-15-13)16-12-7-5-4-6-8-12/h4-8,10-11,13-14H,9H2,1-3H3/t11-,13-,14+/m0/s1. The third kappa shape index (κ3) is 2.61. The number of hydrogen-bond acceptors (Lipinski definition) is 2. The summed E-state index contributed by atoms with van der Waals surface area (Å²) in [7, 11) is 0. The van der Waals surface area contributed by atoms with Crippen LogP contribution in [0.4, 0.5) is 0 Å². The van der Waals surface area contributed by atoms with E-state index >= 15 is 0 Å². The first-order chi connectivity index (χ1) is 7.68. The fourth-order valence-corrected chi connectivity index (χ4v) is 3.65. The van der Waals surface area contributed by atoms with Crippen LogP contribution in [0.2, 0.25) is 0 Å². The van der Waals surface area contributed by atoms with E-state index in [0.717, 1.165) is 6.61 Å². The molecule has 1 nitrogen and oxygen atoms in total. The van der Waals surface area contributed by atoms with Gasteiger partial charge in [-0.1, -0.05) is 39.0 Å². The van der Waals surface area contributed by atoms with E-state index in [0.29, 0.717) is 23.2 Å². The molecular formula is C14H20OS. The molecule has 1 saturated heterocycles. The third-order valence-electron chi connectivity index (χ3n) is 3.11. The van der Waals surface area contributed by atoms with Crippen LogP contribution in [0.5, 0.6) is 0 Å². The molecule has 1 aliphatic heterocycles. The summed E-state index contributed by atoms with van der Waals surface area (Å²) < 4.78 is 5.89. The normalized spacial score (nSPS) is 29.9. The van der Waals surface area contributed by atoms with Crippen LogP contribution in [-0.2, 0) is 4.74 Å². The smallest absolute Gasteiger partial charge is 0.0723 e. The lowest BCUT2D eigenvalue weighted by Crippen LogP contribution is -2.27. The van der Waals surface area contributed by atoms with Gasteiger partial charge in [0.25, 0.3) is 0 Å². The Balaban J connectivity index is 2.07. The Morgan fingerprint density at radius 1 is 1.25 bits per heavy atom. The van der Waals surface area contributed by atoms with Gasteiger partial charge in [-0.05, 0) is 24.0 Å². The van der Waals surface area contributed by atoms with Crippen molar-refractivity contribution in [3.05, 3.63) is 30.3 Å². The highest BCUT2D eigenvalue weighted by molar-refractivity contribution is 8.00. The van der Waals surface area contributed by atoms with Crippen LogP contribution in [0, 0.1) is 11.8 Å². The zero-order chi connectivity index (χ0) is 11.5. The van der Waals surface area contributed by atoms with Crippen LogP contribution in [0.15, 0.2) is 35.2 Å². The zero-order valence-corrected chi connectivity index (χ0v) is 11.0. The second-order valence-electron chi connectivity index (χ2n) is 4.91. The molecular weight excluding hydrogens is 216 g/mol. The first-order valence-corrected chi connectivity index (χ1v) is 6.89. The SMILES string of the molecule is CC(C)[C@@H]1OC[C@H](C)[C@H]1Sc1ccccc1. The van der Waals surface area contributed by atoms with Crippen molar-refractivity contribution in [1.82, 2.24) is 0 Å². The number of rotatable bonds is 3. The van der Waals surface area contributed by atoms with Gasteiger partial charge in [0.05, 0.1) is 12.7 Å². The van der Waals surface area contributed by atoms with Crippen LogP contribution in [0.1, 0.15) is 20.8 Å². The highest BCUT2D eigenvalue weighted by Crippen LogP contribution is 2.38. The molecule has 2 rings (SSSR count). The molecule has 16 heavy (non-hydrogen) atoms. The molecule has 0 N–H and O–H groups in total. The Hall–Kier alpha value is -0.470. The Morgan fingerprint density at radius 3 is 2.56 bits per heavy atom. The largest absolute Gasteiger partial charge is 0.376 e. The molecule has 1 aromatic rings. The van der Waals surface area contributed by atoms with E-state index in [9.17, 15) is 0 Å². The molecule has 0 aliphatic carbocycles. The van der Waals surface area contributed by atoms with Crippen molar-refractivity contribution < 1.29 is 4.74 Å². The number of ether oxygens (including phenoxy) is 1. The van der Waals surface area contributed by atoms with Crippen LogP contribution in [0.3, 0.4) is 0 Å². The van der Waals surface area contributed by atoms with Crippen LogP contribution in [0.25, 0.3) is 0 Å². The lowest BCUT2D eigenvalue weighted by molar-refractivity contribution is 0.0754. The van der Waals surface area contributed by atoms with Gasteiger partial charge in [-0.25, -0.2) is 0 Å². The Kier molecular flexibility index (Phi) is 3.93. The molecule has 0 radical (unpaired) electrons. The van der Waals surface area contributed by atoms with E-state index < -0.39 is 0 Å². The average molecular weight is 236 g/mol. The number of hydrogen-bond donors (Lipinski definition) is 0. The summed E-state index contributed by atoms with van der Waals surface area (Å²) in [6.07, 6.45) is 0.403. The summed E-state index contributed by atoms with van der Waals surface area (Å²) >= 11 is 1.97. The molecule has 0 amide bonds. The van der Waals surface area contributed by atoms with E-state index in [2.05, 4.69) is 51.1 Å². The van der Waals surface area contributed by atoms with E-state index in [1.807, 2.05) is 11.8 Å². The molecule has 88 valence electrons. The molecule has 2 heteroatoms. The van der Waals surface area contributed by atoms with E-state index in [-0.39, 0.29) is 0 Å². The molecule has 0 bridgehead atoms. The van der Waals surface area contributed by atoms with Gasteiger partial charge in [0.1, 0.15) is 0 Å². The minimum atomic E-state index is 0.403. The van der Waals surface area contributed by atoms with Crippen molar-refractivity contribution in [3.8, 4) is 0 Å². The molecule has 1 fully saturated rings. The molecule has 0 unspecified atom stereocenters. The van der Waals surface area contributed by atoms with E-state index in [4.69, 9.17) is 4.74 Å². The van der Waals surface area contributed by atoms with Crippen molar-refractivity contribution in [2.75, 3.05) is 6.61 Å². The predicted octanol–water partition coefficient (Wildman–Crippen LogP) is 3.84. The number of benzene rings is 1. The zero-order valence-electron chi connectivity index (χ0n) is 10.2. The van der Waals surface area contributed by atoms with Crippen molar-refractivity contribution in [3.63, 3.8) is 0 Å². The average Bonchev–Trinajstić information content (AvgIpc) is 2.62. The van der Waals surface area contributed by atoms with Crippen molar-refractivity contribution in [1.29, 1.82) is 0 Å². The van der Waals surface area contributed by atoms with Gasteiger partial charge < -0.3 is 4.74 Å². The van der Waals surface area contributed by atoms with Gasteiger partial charge in [0.2, 0.25) is 0 Å². The van der Waals surface area contributed by atoms with Crippen LogP contribution >= 0.6 is 11.8 Å². The highest BCUT2D eigenvalue weighted by atomic mass is 32.2. The van der Waals surface area contributed by atoms with Gasteiger partial charge >= 0.3 is 0 Å². The predicted molar refractivity (Wildman–Crippen MR) is 69.8 cm³/mol. The lowest BCUT2D eigenvalue weighted by Gasteiger charge is -2.23. The monoisotopic (exact) mass is 236 g/mol. The van der Waals surface area contributed by atoms with Gasteiger partial charge in [-0.3, -0.25) is 0 Å². The van der Waals surface area contributed by atoms with Crippen molar-refractivity contribution in [2.24, 2.45) is 11.8 Å². The molecule has 3 atom stereocenters. The maximum Gasteiger partial charge on any atom is 0.0723 e. The maximum atomic E-state index is 5.89. The Morgan fingerprint density at radius 2 is 1.94 bits per heavy atom. The molecule has 1 aliphatic rings. The minimum Gasteiger partial charge on any atom is -0.376 e. The second kappa shape index (κ2) is 5.24. The quantitative estimate of drug-likeness (QED) is 0.788. The summed E-state index contributed by atoms with van der Waals surface area (Å²) in [4.78, 5) is 1.36. The molecule has 0 spiro atoms. The van der Waals surface area contributed by atoms with E-state index in [1.165, 1.54) is 4.90 Å². The third-order valence-corrected chi connectivity index (χ3v) is 4.66. The fourth-order valence-electron chi connectivity index (χ4n) is 2.19. The first kappa shape index (κ1) is 12.0. The van der Waals surface area contributed by atoms with Gasteiger partial charge in [-0.2, -0.15) is 0 Å². The molecule has 0 aromatic heterocycles. The number of thioether (sulfide) groups is 1. The fraction of sp³-hybridized carbons (Fsp3) is 0.571. The lowest BCUT2D eigenvalue weighted by atomic mass is 9.99. The molecule has 1 heterocycles. The van der Waals surface area contributed by atoms with Crippen molar-refractivity contribution in [2.45, 2.75) is 37.0 Å². The first-order valence-electron chi connectivity index (χ1n) is 6.02. The van der Waals surface area contributed by atoms with Gasteiger partial charge in [0, 0.05) is 10.1 Å². The van der Waals surface area contributed by atoms with Gasteiger partial charge in [0.15, 0.2) is 0 Å².